The van der Waals surface area contributed by atoms with Gasteiger partial charge in [0.2, 0.25) is 0 Å². The van der Waals surface area contributed by atoms with Gasteiger partial charge in [-0.1, -0.05) is 32.1 Å². The quantitative estimate of drug-likeness (QED) is 0.440. The Morgan fingerprint density at radius 1 is 1.26 bits per heavy atom. The van der Waals surface area contributed by atoms with Crippen LogP contribution in [0.5, 0.6) is 0 Å². The number of rotatable bonds is 6. The fraction of sp³-hybridized carbons (Fsp3) is 0.933. The highest BCUT2D eigenvalue weighted by molar-refractivity contribution is 5.80. The Balaban J connectivity index is 1.63. The van der Waals surface area contributed by atoms with Crippen LogP contribution in [-0.4, -0.2) is 38.8 Å². The van der Waals surface area contributed by atoms with Crippen LogP contribution in [0, 0.1) is 11.8 Å². The summed E-state index contributed by atoms with van der Waals surface area (Å²) in [6.07, 6.45) is 8.54. The average Bonchev–Trinajstić information content (AvgIpc) is 3.22. The van der Waals surface area contributed by atoms with Gasteiger partial charge in [-0.15, -0.1) is 0 Å². The molecule has 0 saturated heterocycles. The Morgan fingerprint density at radius 3 is 2.74 bits per heavy atom. The summed E-state index contributed by atoms with van der Waals surface area (Å²) in [6.45, 7) is 4.37. The van der Waals surface area contributed by atoms with E-state index in [0.29, 0.717) is 6.04 Å². The maximum atomic E-state index is 5.32. The smallest absolute Gasteiger partial charge is 0.191 e. The summed E-state index contributed by atoms with van der Waals surface area (Å²) in [4.78, 5) is 4.28. The van der Waals surface area contributed by atoms with Crippen molar-refractivity contribution >= 4 is 5.96 Å². The van der Waals surface area contributed by atoms with Crippen molar-refractivity contribution in [2.45, 2.75) is 51.5 Å². The SMILES string of the molecule is CCOCCNC(=NC)NC1CC1C1CCCCC1. The van der Waals surface area contributed by atoms with Gasteiger partial charge in [-0.3, -0.25) is 4.99 Å². The maximum Gasteiger partial charge on any atom is 0.191 e. The first kappa shape index (κ1) is 14.6. The van der Waals surface area contributed by atoms with Crippen LogP contribution in [0.15, 0.2) is 4.99 Å². The third-order valence-corrected chi connectivity index (χ3v) is 4.38. The van der Waals surface area contributed by atoms with Crippen LogP contribution in [-0.2, 0) is 4.74 Å². The lowest BCUT2D eigenvalue weighted by Crippen LogP contribution is -2.41. The molecule has 2 rings (SSSR count). The van der Waals surface area contributed by atoms with Crippen LogP contribution in [0.3, 0.4) is 0 Å². The molecule has 4 heteroatoms. The average molecular weight is 267 g/mol. The molecule has 2 aliphatic carbocycles. The molecule has 0 aromatic carbocycles. The number of nitrogens with zero attached hydrogens (tertiary/aromatic N) is 1. The van der Waals surface area contributed by atoms with E-state index >= 15 is 0 Å². The van der Waals surface area contributed by atoms with Crippen LogP contribution in [0.4, 0.5) is 0 Å². The molecule has 0 aromatic heterocycles. The van der Waals surface area contributed by atoms with Gasteiger partial charge in [0.1, 0.15) is 0 Å². The maximum absolute atomic E-state index is 5.32. The molecule has 2 atom stereocenters. The summed E-state index contributed by atoms with van der Waals surface area (Å²) in [5, 5.41) is 6.86. The number of guanidine groups is 1. The van der Waals surface area contributed by atoms with E-state index in [0.717, 1.165) is 37.6 Å². The van der Waals surface area contributed by atoms with E-state index in [9.17, 15) is 0 Å². The van der Waals surface area contributed by atoms with Crippen LogP contribution < -0.4 is 10.6 Å². The van der Waals surface area contributed by atoms with Crippen molar-refractivity contribution in [3.8, 4) is 0 Å². The summed E-state index contributed by atoms with van der Waals surface area (Å²) < 4.78 is 5.32. The zero-order chi connectivity index (χ0) is 13.5. The van der Waals surface area contributed by atoms with E-state index in [-0.39, 0.29) is 0 Å². The van der Waals surface area contributed by atoms with Crippen molar-refractivity contribution in [1.29, 1.82) is 0 Å². The van der Waals surface area contributed by atoms with E-state index in [4.69, 9.17) is 4.74 Å². The molecule has 0 radical (unpaired) electrons. The lowest BCUT2D eigenvalue weighted by Gasteiger charge is -2.22. The molecular weight excluding hydrogens is 238 g/mol. The Labute approximate surface area is 117 Å². The third kappa shape index (κ3) is 4.68. The second-order valence-electron chi connectivity index (χ2n) is 5.74. The summed E-state index contributed by atoms with van der Waals surface area (Å²) in [5.41, 5.74) is 0. The number of nitrogens with one attached hydrogen (secondary N) is 2. The molecule has 2 N–H and O–H groups in total. The Morgan fingerprint density at radius 2 is 2.05 bits per heavy atom. The summed E-state index contributed by atoms with van der Waals surface area (Å²) in [7, 11) is 1.84. The van der Waals surface area contributed by atoms with Gasteiger partial charge in [-0.25, -0.2) is 0 Å². The molecule has 0 amide bonds. The van der Waals surface area contributed by atoms with Crippen molar-refractivity contribution < 1.29 is 4.74 Å². The van der Waals surface area contributed by atoms with E-state index in [1.807, 2.05) is 14.0 Å². The van der Waals surface area contributed by atoms with Gasteiger partial charge < -0.3 is 15.4 Å². The minimum absolute atomic E-state index is 0.654. The molecule has 19 heavy (non-hydrogen) atoms. The minimum Gasteiger partial charge on any atom is -0.380 e. The van der Waals surface area contributed by atoms with E-state index in [1.54, 1.807) is 0 Å². The number of ether oxygens (including phenoxy) is 1. The number of aliphatic imine (C=N–C) groups is 1. The highest BCUT2D eigenvalue weighted by Crippen LogP contribution is 2.44. The van der Waals surface area contributed by atoms with Crippen LogP contribution in [0.1, 0.15) is 45.4 Å². The fourth-order valence-corrected chi connectivity index (χ4v) is 3.22. The van der Waals surface area contributed by atoms with Gasteiger partial charge in [0.25, 0.3) is 0 Å². The molecule has 2 fully saturated rings. The van der Waals surface area contributed by atoms with Gasteiger partial charge in [0.05, 0.1) is 6.61 Å². The van der Waals surface area contributed by atoms with Gasteiger partial charge in [-0.2, -0.15) is 0 Å². The highest BCUT2D eigenvalue weighted by atomic mass is 16.5. The monoisotopic (exact) mass is 267 g/mol. The van der Waals surface area contributed by atoms with Crippen LogP contribution in [0.25, 0.3) is 0 Å². The van der Waals surface area contributed by atoms with Gasteiger partial charge in [-0.05, 0) is 25.2 Å². The molecule has 0 aliphatic heterocycles. The van der Waals surface area contributed by atoms with Crippen molar-refractivity contribution in [3.05, 3.63) is 0 Å². The first-order valence-electron chi connectivity index (χ1n) is 7.90. The van der Waals surface area contributed by atoms with E-state index in [2.05, 4.69) is 15.6 Å². The van der Waals surface area contributed by atoms with E-state index < -0.39 is 0 Å². The van der Waals surface area contributed by atoms with Crippen LogP contribution >= 0.6 is 0 Å². The molecule has 4 nitrogen and oxygen atoms in total. The predicted octanol–water partition coefficient (Wildman–Crippen LogP) is 2.16. The topological polar surface area (TPSA) is 45.6 Å². The third-order valence-electron chi connectivity index (χ3n) is 4.38. The first-order chi connectivity index (χ1) is 9.35. The molecule has 2 aliphatic rings. The Hall–Kier alpha value is -0.770. The molecule has 0 heterocycles. The standard InChI is InChI=1S/C15H29N3O/c1-3-19-10-9-17-15(16-2)18-14-11-13(14)12-7-5-4-6-8-12/h12-14H,3-11H2,1-2H3,(H2,16,17,18). The molecule has 2 unspecified atom stereocenters. The largest absolute Gasteiger partial charge is 0.380 e. The van der Waals surface area contributed by atoms with Crippen molar-refractivity contribution in [2.75, 3.05) is 26.8 Å². The summed E-state index contributed by atoms with van der Waals surface area (Å²) >= 11 is 0. The number of hydrogen-bond acceptors (Lipinski definition) is 2. The predicted molar refractivity (Wildman–Crippen MR) is 79.5 cm³/mol. The molecule has 0 aromatic rings. The van der Waals surface area contributed by atoms with Crippen molar-refractivity contribution in [2.24, 2.45) is 16.8 Å². The number of hydrogen-bond donors (Lipinski definition) is 2. The van der Waals surface area contributed by atoms with Crippen molar-refractivity contribution in [1.82, 2.24) is 10.6 Å². The zero-order valence-electron chi connectivity index (χ0n) is 12.5. The second-order valence-corrected chi connectivity index (χ2v) is 5.74. The minimum atomic E-state index is 0.654. The van der Waals surface area contributed by atoms with Crippen LogP contribution in [0.2, 0.25) is 0 Å². The van der Waals surface area contributed by atoms with Crippen molar-refractivity contribution in [3.63, 3.8) is 0 Å². The molecule has 0 spiro atoms. The summed E-state index contributed by atoms with van der Waals surface area (Å²) in [6, 6.07) is 0.654. The second kappa shape index (κ2) is 7.73. The summed E-state index contributed by atoms with van der Waals surface area (Å²) in [5.74, 6) is 2.79. The Bertz CT molecular complexity index is 287. The van der Waals surface area contributed by atoms with Gasteiger partial charge in [0, 0.05) is 26.2 Å². The Kier molecular flexibility index (Phi) is 5.95. The zero-order valence-corrected chi connectivity index (χ0v) is 12.5. The first-order valence-corrected chi connectivity index (χ1v) is 7.90. The molecule has 2 saturated carbocycles. The van der Waals surface area contributed by atoms with Gasteiger partial charge in [0.15, 0.2) is 5.96 Å². The molecule has 0 bridgehead atoms. The highest BCUT2D eigenvalue weighted by Gasteiger charge is 2.43. The normalized spacial score (nSPS) is 28.2. The van der Waals surface area contributed by atoms with Gasteiger partial charge >= 0.3 is 0 Å². The lowest BCUT2D eigenvalue weighted by atomic mass is 9.85. The molecular formula is C15H29N3O. The lowest BCUT2D eigenvalue weighted by molar-refractivity contribution is 0.152. The molecule has 110 valence electrons. The van der Waals surface area contributed by atoms with E-state index in [1.165, 1.54) is 38.5 Å². The fourth-order valence-electron chi connectivity index (χ4n) is 3.22.